The molecule has 0 aromatic rings. The Bertz CT molecular complexity index is 561. The van der Waals surface area contributed by atoms with E-state index in [9.17, 15) is 25.3 Å². The summed E-state index contributed by atoms with van der Waals surface area (Å²) in [5, 5.41) is 0. The second-order valence-corrected chi connectivity index (χ2v) is 10.6. The molecule has 200 valence electrons. The molecule has 0 atom stereocenters. The Labute approximate surface area is 394 Å². The van der Waals surface area contributed by atoms with Crippen LogP contribution in [0.5, 0.6) is 0 Å². The van der Waals surface area contributed by atoms with E-state index in [0.29, 0.717) is 0 Å². The zero-order chi connectivity index (χ0) is 12.9. The monoisotopic (exact) mass is 804 g/mol. The Morgan fingerprint density at radius 1 is 0.444 bits per heavy atom. The van der Waals surface area contributed by atoms with Crippen molar-refractivity contribution in [1.82, 2.24) is 0 Å². The maximum atomic E-state index is 11.0. The molecule has 0 saturated carbocycles. The molecule has 0 radical (unpaired) electrons. The molecule has 0 bridgehead atoms. The zero-order valence-corrected chi connectivity index (χ0v) is 35.4. The quantitative estimate of drug-likeness (QED) is 0.238. The Kier molecular flexibility index (Phi) is 175. The molecule has 0 amide bonds. The molecule has 2 rings (SSSR count). The van der Waals surface area contributed by atoms with Gasteiger partial charge in [-0.25, -0.2) is 0 Å². The van der Waals surface area contributed by atoms with Gasteiger partial charge in [0, 0.05) is 0 Å². The van der Waals surface area contributed by atoms with Gasteiger partial charge in [0.15, 0.2) is 0 Å². The molecule has 0 spiro atoms. The summed E-state index contributed by atoms with van der Waals surface area (Å²) >= 11 is -6.74. The maximum absolute atomic E-state index is 11.0. The maximum Gasteiger partial charge on any atom is 2.00 e. The van der Waals surface area contributed by atoms with Gasteiger partial charge in [0.25, 0.3) is 0 Å². The molecule has 0 aliphatic carbocycles. The normalized spacial score (nSPS) is 12.3. The van der Waals surface area contributed by atoms with Crippen LogP contribution in [0.25, 0.3) is 0 Å². The van der Waals surface area contributed by atoms with E-state index in [2.05, 4.69) is 19.4 Å². The van der Waals surface area contributed by atoms with E-state index in [1.54, 1.807) is 0 Å². The van der Waals surface area contributed by atoms with Gasteiger partial charge in [-0.2, -0.15) is 25.3 Å². The predicted octanol–water partition coefficient (Wildman–Crippen LogP) is -8.41. The van der Waals surface area contributed by atoms with Crippen molar-refractivity contribution >= 4 is 288 Å². The van der Waals surface area contributed by atoms with Gasteiger partial charge in [-0.15, -0.1) is 0 Å². The third-order valence-electron chi connectivity index (χ3n) is 1.18. The molecule has 2 aliphatic rings. The molecule has 0 aromatic carbocycles. The van der Waals surface area contributed by atoms with Gasteiger partial charge in [-0.3, -0.25) is 0 Å². The average Bonchev–Trinajstić information content (AvgIpc) is 1.94. The largest absolute Gasteiger partial charge is 2.00 e. The molecule has 2 saturated heterocycles. The van der Waals surface area contributed by atoms with E-state index >= 15 is 0 Å². The minimum Gasteiger partial charge on any atom is -0.870 e. The van der Waals surface area contributed by atoms with Crippen LogP contribution in [-0.2, 0) is 50.6 Å². The first-order valence-electron chi connectivity index (χ1n) is 3.41. The fraction of sp³-hybridized carbons (Fsp3) is 0. The van der Waals surface area contributed by atoms with E-state index in [-0.39, 0.29) is 298 Å². The van der Waals surface area contributed by atoms with Crippen molar-refractivity contribution in [2.75, 3.05) is 0 Å². The Balaban J connectivity index is -0.0000000107. The van der Waals surface area contributed by atoms with Crippen molar-refractivity contribution in [2.45, 2.75) is 0 Å². The van der Waals surface area contributed by atoms with Gasteiger partial charge in [0.2, 0.25) is 0 Å². The van der Waals surface area contributed by atoms with Crippen LogP contribution in [0.15, 0.2) is 0 Å². The standard InChI is InChI=1S/2Al.6Ca.3H2O4S.13H2O/c;;;;;;;;3*1-5(2,3)4;;;;;;;;;;;;;/h;;;;;;;;3*(H2,1,2,3,4);13*1H2/q2*+3;6*+2;;;;;;;;;;;;;;;;/p-18. The third-order valence-corrected chi connectivity index (χ3v) is 10.6. The van der Waals surface area contributed by atoms with Crippen molar-refractivity contribution < 1.29 is 116 Å². The van der Waals surface area contributed by atoms with Crippen LogP contribution < -0.4 is 0 Å². The first kappa shape index (κ1) is 121. The SMILES string of the molecule is O.O=S1(=O)[O][Al]([O]S(=O)(=O)[O][Al]2[O]S(=O)(=O)[O]2)[O]1.[Ca+2].[Ca+2].[Ca+2].[Ca+2].[Ca+2].[Ca+2].[OH-].[OH-].[OH-].[OH-].[OH-].[OH-].[OH-].[OH-].[OH-].[OH-].[OH-].[OH-]. The van der Waals surface area contributed by atoms with Crippen molar-refractivity contribution in [1.29, 1.82) is 0 Å². The molecule has 0 unspecified atom stereocenters. The fourth-order valence-corrected chi connectivity index (χ4v) is 7.67. The molecule has 14 N–H and O–H groups in total. The van der Waals surface area contributed by atoms with Crippen LogP contribution in [0.2, 0.25) is 0 Å². The number of hydrogen-bond donors (Lipinski definition) is 0. The second-order valence-electron chi connectivity index (χ2n) is 2.38. The molecule has 36 heavy (non-hydrogen) atoms. The van der Waals surface area contributed by atoms with E-state index in [0.717, 1.165) is 0 Å². The van der Waals surface area contributed by atoms with E-state index in [1.807, 2.05) is 0 Å². The number of hydrogen-bond acceptors (Lipinski definition) is 24. The molecule has 2 fully saturated rings. The summed E-state index contributed by atoms with van der Waals surface area (Å²) in [7, 11) is -13.1. The molecule has 36 heteroatoms. The van der Waals surface area contributed by atoms with E-state index in [1.165, 1.54) is 0 Å². The van der Waals surface area contributed by atoms with Crippen LogP contribution in [0.3, 0.4) is 0 Å². The average molecular weight is 805 g/mol. The fourth-order valence-electron chi connectivity index (χ4n) is 0.679. The predicted molar refractivity (Wildman–Crippen MR) is 106 cm³/mol. The molecule has 2 aliphatic heterocycles. The van der Waals surface area contributed by atoms with Crippen LogP contribution in [-0.4, -0.2) is 353 Å². The molecule has 25 nitrogen and oxygen atoms in total. The van der Waals surface area contributed by atoms with Gasteiger partial charge >= 0.3 is 288 Å². The Morgan fingerprint density at radius 2 is 0.583 bits per heavy atom. The van der Waals surface area contributed by atoms with E-state index in [4.69, 9.17) is 0 Å². The van der Waals surface area contributed by atoms with Gasteiger partial charge in [0.05, 0.1) is 0 Å². The summed E-state index contributed by atoms with van der Waals surface area (Å²) in [5.74, 6) is 0. The Morgan fingerprint density at radius 3 is 0.694 bits per heavy atom. The summed E-state index contributed by atoms with van der Waals surface area (Å²) in [6.07, 6.45) is 0. The van der Waals surface area contributed by atoms with Crippen molar-refractivity contribution in [3.63, 3.8) is 0 Å². The smallest absolute Gasteiger partial charge is 0.870 e. The summed E-state index contributed by atoms with van der Waals surface area (Å²) in [4.78, 5) is 0. The summed E-state index contributed by atoms with van der Waals surface area (Å²) < 4.78 is 87.1. The first-order chi connectivity index (χ1) is 7.57. The molecule has 2 heterocycles. The van der Waals surface area contributed by atoms with Crippen LogP contribution in [0.4, 0.5) is 0 Å². The second kappa shape index (κ2) is 52.3. The molecule has 0 aromatic heterocycles. The van der Waals surface area contributed by atoms with Crippen LogP contribution >= 0.6 is 0 Å². The van der Waals surface area contributed by atoms with E-state index < -0.39 is 61.5 Å². The summed E-state index contributed by atoms with van der Waals surface area (Å²) in [5.41, 5.74) is 0. The van der Waals surface area contributed by atoms with Crippen molar-refractivity contribution in [2.24, 2.45) is 0 Å². The number of rotatable bonds is 4. The summed E-state index contributed by atoms with van der Waals surface area (Å²) in [6.45, 7) is 0. The van der Waals surface area contributed by atoms with Crippen LogP contribution in [0, 0.1) is 0 Å². The van der Waals surface area contributed by atoms with Gasteiger partial charge in [0.1, 0.15) is 0 Å². The van der Waals surface area contributed by atoms with Crippen molar-refractivity contribution in [3.05, 3.63) is 0 Å². The van der Waals surface area contributed by atoms with Crippen LogP contribution in [0.1, 0.15) is 0 Å². The Hall–Kier alpha value is 7.71. The molecular formula is H14Al2Ca6O25S3. The topological polar surface area (TPSA) is 549 Å². The van der Waals surface area contributed by atoms with Gasteiger partial charge in [-0.1, -0.05) is 0 Å². The van der Waals surface area contributed by atoms with Crippen molar-refractivity contribution in [3.8, 4) is 0 Å². The summed E-state index contributed by atoms with van der Waals surface area (Å²) in [6, 6.07) is 0. The third kappa shape index (κ3) is 48.6. The minimum atomic E-state index is -4.71. The minimum absolute atomic E-state index is 0. The van der Waals surface area contributed by atoms with Gasteiger partial charge < -0.3 is 90.6 Å². The first-order valence-corrected chi connectivity index (χ1v) is 10.2. The molecular weight excluding hydrogens is 791 g/mol. The zero-order valence-electron chi connectivity index (χ0n) is 17.4. The van der Waals surface area contributed by atoms with Gasteiger partial charge in [-0.05, 0) is 0 Å².